The zero-order valence-electron chi connectivity index (χ0n) is 16.7. The van der Waals surface area contributed by atoms with E-state index < -0.39 is 5.54 Å². The molecule has 0 bridgehead atoms. The molecule has 2 aromatic rings. The smallest absolute Gasteiger partial charge is 0.327 e. The van der Waals surface area contributed by atoms with E-state index in [2.05, 4.69) is 14.9 Å². The number of nitrogens with zero attached hydrogens (tertiary/aromatic N) is 5. The number of ether oxygens (including phenoxy) is 1. The molecule has 2 fully saturated rings. The Hall–Kier alpha value is -3.16. The number of hydrogen-bond donors (Lipinski definition) is 0. The first-order chi connectivity index (χ1) is 14.1. The molecular weight excluding hydrogens is 370 g/mol. The predicted octanol–water partition coefficient (Wildman–Crippen LogP) is 2.31. The van der Waals surface area contributed by atoms with Gasteiger partial charge in [-0.05, 0) is 25.3 Å². The number of likely N-dealkylation sites (N-methyl/N-ethyl adjacent to an activating group) is 1. The summed E-state index contributed by atoms with van der Waals surface area (Å²) in [7, 11) is 1.57. The van der Waals surface area contributed by atoms with E-state index >= 15 is 0 Å². The lowest BCUT2D eigenvalue weighted by Gasteiger charge is -2.42. The van der Waals surface area contributed by atoms with Crippen molar-refractivity contribution in [2.75, 3.05) is 31.6 Å². The number of rotatable bonds is 5. The molecule has 8 nitrogen and oxygen atoms in total. The summed E-state index contributed by atoms with van der Waals surface area (Å²) < 4.78 is 5.19. The first kappa shape index (κ1) is 19.2. The SMILES string of the molecule is CCN1C(=O)N(Cc2ccccc2)C2(CCN(c3cc(OC)ncn3)CC2)C1=O. The predicted molar refractivity (Wildman–Crippen MR) is 108 cm³/mol. The van der Waals surface area contributed by atoms with Gasteiger partial charge >= 0.3 is 6.03 Å². The van der Waals surface area contributed by atoms with Gasteiger partial charge in [-0.25, -0.2) is 14.8 Å². The molecule has 0 unspecified atom stereocenters. The highest BCUT2D eigenvalue weighted by molar-refractivity contribution is 6.07. The van der Waals surface area contributed by atoms with Crippen LogP contribution in [0.4, 0.5) is 10.6 Å². The van der Waals surface area contributed by atoms with E-state index in [9.17, 15) is 9.59 Å². The van der Waals surface area contributed by atoms with Gasteiger partial charge in [0, 0.05) is 32.2 Å². The maximum absolute atomic E-state index is 13.3. The Morgan fingerprint density at radius 1 is 1.10 bits per heavy atom. The summed E-state index contributed by atoms with van der Waals surface area (Å²) >= 11 is 0. The maximum Gasteiger partial charge on any atom is 0.327 e. The first-order valence-corrected chi connectivity index (χ1v) is 9.87. The Morgan fingerprint density at radius 3 is 2.48 bits per heavy atom. The van der Waals surface area contributed by atoms with Crippen molar-refractivity contribution in [2.24, 2.45) is 0 Å². The largest absolute Gasteiger partial charge is 0.481 e. The molecule has 29 heavy (non-hydrogen) atoms. The van der Waals surface area contributed by atoms with E-state index in [1.54, 1.807) is 18.1 Å². The molecule has 0 saturated carbocycles. The molecule has 8 heteroatoms. The van der Waals surface area contributed by atoms with Crippen LogP contribution in [-0.2, 0) is 11.3 Å². The number of carbonyl (C=O) groups is 2. The van der Waals surface area contributed by atoms with Crippen LogP contribution in [0.2, 0.25) is 0 Å². The monoisotopic (exact) mass is 395 g/mol. The molecule has 2 saturated heterocycles. The summed E-state index contributed by atoms with van der Waals surface area (Å²) in [6, 6.07) is 11.4. The molecule has 0 radical (unpaired) electrons. The fourth-order valence-corrected chi connectivity index (χ4v) is 4.25. The maximum atomic E-state index is 13.3. The Morgan fingerprint density at radius 2 is 1.83 bits per heavy atom. The summed E-state index contributed by atoms with van der Waals surface area (Å²) in [6.45, 7) is 3.92. The van der Waals surface area contributed by atoms with Crippen LogP contribution in [0, 0.1) is 0 Å². The Bertz CT molecular complexity index is 896. The van der Waals surface area contributed by atoms with Crippen molar-refractivity contribution in [3.8, 4) is 5.88 Å². The van der Waals surface area contributed by atoms with Gasteiger partial charge in [0.15, 0.2) is 0 Å². The molecule has 4 rings (SSSR count). The van der Waals surface area contributed by atoms with Gasteiger partial charge in [-0.1, -0.05) is 30.3 Å². The number of piperidine rings is 1. The van der Waals surface area contributed by atoms with Crippen molar-refractivity contribution in [3.63, 3.8) is 0 Å². The second-order valence-corrected chi connectivity index (χ2v) is 7.34. The van der Waals surface area contributed by atoms with E-state index in [-0.39, 0.29) is 11.9 Å². The van der Waals surface area contributed by atoms with Crippen molar-refractivity contribution in [3.05, 3.63) is 48.3 Å². The van der Waals surface area contributed by atoms with E-state index in [0.717, 1.165) is 11.4 Å². The number of anilines is 1. The molecule has 2 aliphatic rings. The molecule has 1 spiro atoms. The standard InChI is InChI=1S/C21H25N5O3/c1-3-25-19(27)21(26(20(25)28)14-16-7-5-4-6-8-16)9-11-24(12-10-21)17-13-18(29-2)23-15-22-17/h4-8,13,15H,3,9-12,14H2,1-2H3. The summed E-state index contributed by atoms with van der Waals surface area (Å²) in [5, 5.41) is 0. The van der Waals surface area contributed by atoms with Gasteiger partial charge in [-0.15, -0.1) is 0 Å². The summed E-state index contributed by atoms with van der Waals surface area (Å²) in [6.07, 6.45) is 2.60. The summed E-state index contributed by atoms with van der Waals surface area (Å²) in [5.74, 6) is 1.19. The number of aromatic nitrogens is 2. The van der Waals surface area contributed by atoms with Crippen molar-refractivity contribution >= 4 is 17.8 Å². The lowest BCUT2D eigenvalue weighted by atomic mass is 9.85. The molecule has 2 aliphatic heterocycles. The highest BCUT2D eigenvalue weighted by atomic mass is 16.5. The topological polar surface area (TPSA) is 78.9 Å². The van der Waals surface area contributed by atoms with Crippen molar-refractivity contribution in [1.82, 2.24) is 19.8 Å². The van der Waals surface area contributed by atoms with Gasteiger partial charge in [0.2, 0.25) is 5.88 Å². The van der Waals surface area contributed by atoms with Crippen LogP contribution in [0.15, 0.2) is 42.7 Å². The van der Waals surface area contributed by atoms with E-state index in [1.165, 1.54) is 11.2 Å². The highest BCUT2D eigenvalue weighted by Crippen LogP contribution is 2.39. The third-order valence-corrected chi connectivity index (χ3v) is 5.87. The van der Waals surface area contributed by atoms with E-state index in [0.29, 0.717) is 44.9 Å². The second-order valence-electron chi connectivity index (χ2n) is 7.34. The lowest BCUT2D eigenvalue weighted by molar-refractivity contribution is -0.134. The molecule has 3 heterocycles. The Kier molecular flexibility index (Phi) is 5.08. The molecular formula is C21H25N5O3. The number of carbonyl (C=O) groups excluding carboxylic acids is 2. The molecule has 1 aromatic heterocycles. The van der Waals surface area contributed by atoms with Gasteiger partial charge in [-0.3, -0.25) is 9.69 Å². The molecule has 0 aliphatic carbocycles. The van der Waals surface area contributed by atoms with Crippen LogP contribution in [0.3, 0.4) is 0 Å². The third kappa shape index (κ3) is 3.28. The van der Waals surface area contributed by atoms with Crippen molar-refractivity contribution < 1.29 is 14.3 Å². The first-order valence-electron chi connectivity index (χ1n) is 9.87. The number of benzene rings is 1. The zero-order chi connectivity index (χ0) is 20.4. The minimum atomic E-state index is -0.795. The van der Waals surface area contributed by atoms with Gasteiger partial charge < -0.3 is 14.5 Å². The summed E-state index contributed by atoms with van der Waals surface area (Å²) in [4.78, 5) is 40.0. The molecule has 1 aromatic carbocycles. The van der Waals surface area contributed by atoms with Crippen LogP contribution < -0.4 is 9.64 Å². The van der Waals surface area contributed by atoms with Crippen LogP contribution >= 0.6 is 0 Å². The van der Waals surface area contributed by atoms with Gasteiger partial charge in [0.25, 0.3) is 5.91 Å². The third-order valence-electron chi connectivity index (χ3n) is 5.87. The fourth-order valence-electron chi connectivity index (χ4n) is 4.25. The lowest BCUT2D eigenvalue weighted by Crippen LogP contribution is -2.56. The van der Waals surface area contributed by atoms with Crippen LogP contribution in [0.5, 0.6) is 5.88 Å². The molecule has 0 N–H and O–H groups in total. The Balaban J connectivity index is 1.58. The van der Waals surface area contributed by atoms with E-state index in [4.69, 9.17) is 4.74 Å². The summed E-state index contributed by atoms with van der Waals surface area (Å²) in [5.41, 5.74) is 0.227. The van der Waals surface area contributed by atoms with Gasteiger partial charge in [0.05, 0.1) is 7.11 Å². The average molecular weight is 395 g/mol. The number of urea groups is 1. The average Bonchev–Trinajstić information content (AvgIpc) is 2.96. The van der Waals surface area contributed by atoms with Gasteiger partial charge in [0.1, 0.15) is 17.7 Å². The minimum Gasteiger partial charge on any atom is -0.481 e. The number of amides is 3. The zero-order valence-corrected chi connectivity index (χ0v) is 16.7. The normalized spacial score (nSPS) is 18.6. The molecule has 152 valence electrons. The number of imide groups is 1. The quantitative estimate of drug-likeness (QED) is 0.723. The van der Waals surface area contributed by atoms with Crippen molar-refractivity contribution in [1.29, 1.82) is 0 Å². The van der Waals surface area contributed by atoms with Gasteiger partial charge in [-0.2, -0.15) is 0 Å². The minimum absolute atomic E-state index is 0.0825. The van der Waals surface area contributed by atoms with Crippen LogP contribution in [-0.4, -0.2) is 64.0 Å². The van der Waals surface area contributed by atoms with Crippen molar-refractivity contribution in [2.45, 2.75) is 31.8 Å². The van der Waals surface area contributed by atoms with E-state index in [1.807, 2.05) is 37.3 Å². The van der Waals surface area contributed by atoms with Crippen LogP contribution in [0.1, 0.15) is 25.3 Å². The number of hydrogen-bond acceptors (Lipinski definition) is 6. The Labute approximate surface area is 170 Å². The highest BCUT2D eigenvalue weighted by Gasteiger charge is 2.57. The molecule has 0 atom stereocenters. The number of methoxy groups -OCH3 is 1. The second kappa shape index (κ2) is 7.69. The van der Waals surface area contributed by atoms with Crippen LogP contribution in [0.25, 0.3) is 0 Å². The fraction of sp³-hybridized carbons (Fsp3) is 0.429. The molecule has 3 amide bonds.